The maximum atomic E-state index is 14.0. The lowest BCUT2D eigenvalue weighted by Crippen LogP contribution is -2.36. The van der Waals surface area contributed by atoms with Crippen molar-refractivity contribution in [3.05, 3.63) is 47.4 Å². The third kappa shape index (κ3) is 7.75. The summed E-state index contributed by atoms with van der Waals surface area (Å²) in [7, 11) is 0. The van der Waals surface area contributed by atoms with Crippen molar-refractivity contribution in [2.24, 2.45) is 4.99 Å². The fraction of sp³-hybridized carbons (Fsp3) is 0.474. The number of aliphatic imine (C=N–C) groups is 1. The van der Waals surface area contributed by atoms with Gasteiger partial charge >= 0.3 is 6.61 Å². The molecule has 29 heavy (non-hydrogen) atoms. The molecule has 0 amide bonds. The molecule has 0 bridgehead atoms. The van der Waals surface area contributed by atoms with Crippen LogP contribution in [-0.4, -0.2) is 24.1 Å². The van der Waals surface area contributed by atoms with Crippen LogP contribution in [0.5, 0.6) is 5.75 Å². The lowest BCUT2D eigenvalue weighted by atomic mass is 9.94. The quantitative estimate of drug-likeness (QED) is 0.314. The maximum absolute atomic E-state index is 14.0. The summed E-state index contributed by atoms with van der Waals surface area (Å²) in [6, 6.07) is 3.75. The number of oxazole rings is 1. The number of benzene rings is 1. The standard InChI is InChI=1S/C19H25F3N4O2.HI/c1-5-23-18(26-11-16-24-10-15(28-16)19(2,3)4)25-9-12-13(20)7-6-8-14(12)27-17(21)22;/h6-8,10,17H,5,9,11H2,1-4H3,(H2,23,25,26);1H. The number of rotatable bonds is 7. The molecule has 2 rings (SSSR count). The van der Waals surface area contributed by atoms with Crippen LogP contribution >= 0.6 is 24.0 Å². The summed E-state index contributed by atoms with van der Waals surface area (Å²) in [4.78, 5) is 8.46. The fourth-order valence-corrected chi connectivity index (χ4v) is 2.30. The first-order valence-corrected chi connectivity index (χ1v) is 8.90. The Balaban J connectivity index is 0.00000420. The van der Waals surface area contributed by atoms with Crippen molar-refractivity contribution < 1.29 is 22.3 Å². The predicted molar refractivity (Wildman–Crippen MR) is 115 cm³/mol. The van der Waals surface area contributed by atoms with Crippen LogP contribution in [0.1, 0.15) is 44.9 Å². The van der Waals surface area contributed by atoms with Crippen molar-refractivity contribution in [3.8, 4) is 5.75 Å². The number of ether oxygens (including phenoxy) is 1. The summed E-state index contributed by atoms with van der Waals surface area (Å²) >= 11 is 0. The van der Waals surface area contributed by atoms with Crippen molar-refractivity contribution >= 4 is 29.9 Å². The van der Waals surface area contributed by atoms with Gasteiger partial charge in [0, 0.05) is 12.0 Å². The van der Waals surface area contributed by atoms with Crippen molar-refractivity contribution in [1.29, 1.82) is 0 Å². The van der Waals surface area contributed by atoms with Gasteiger partial charge in [-0.1, -0.05) is 26.8 Å². The van der Waals surface area contributed by atoms with Gasteiger partial charge in [-0.15, -0.1) is 24.0 Å². The molecule has 6 nitrogen and oxygen atoms in total. The maximum Gasteiger partial charge on any atom is 0.387 e. The number of nitrogens with one attached hydrogen (secondary N) is 2. The molecule has 0 saturated heterocycles. The Morgan fingerprint density at radius 2 is 2.00 bits per heavy atom. The Morgan fingerprint density at radius 3 is 2.59 bits per heavy atom. The molecule has 0 fully saturated rings. The average molecular weight is 526 g/mol. The van der Waals surface area contributed by atoms with Gasteiger partial charge in [-0.25, -0.2) is 14.4 Å². The number of aromatic nitrogens is 1. The number of hydrogen-bond acceptors (Lipinski definition) is 4. The van der Waals surface area contributed by atoms with Crippen LogP contribution in [0.4, 0.5) is 13.2 Å². The van der Waals surface area contributed by atoms with Crippen molar-refractivity contribution in [1.82, 2.24) is 15.6 Å². The first-order chi connectivity index (χ1) is 13.2. The highest BCUT2D eigenvalue weighted by Gasteiger charge is 2.19. The molecule has 2 aromatic rings. The zero-order chi connectivity index (χ0) is 20.7. The van der Waals surface area contributed by atoms with Crippen LogP contribution in [0, 0.1) is 5.82 Å². The highest BCUT2D eigenvalue weighted by atomic mass is 127. The van der Waals surface area contributed by atoms with Gasteiger partial charge in [0.05, 0.1) is 24.8 Å². The molecule has 0 aliphatic carbocycles. The van der Waals surface area contributed by atoms with Gasteiger partial charge in [0.15, 0.2) is 5.96 Å². The van der Waals surface area contributed by atoms with Crippen molar-refractivity contribution in [2.75, 3.05) is 6.54 Å². The lowest BCUT2D eigenvalue weighted by Gasteiger charge is -2.14. The van der Waals surface area contributed by atoms with E-state index < -0.39 is 12.4 Å². The van der Waals surface area contributed by atoms with E-state index in [1.54, 1.807) is 6.20 Å². The van der Waals surface area contributed by atoms with Gasteiger partial charge in [-0.2, -0.15) is 8.78 Å². The first kappa shape index (κ1) is 25.1. The molecular formula is C19H26F3IN4O2. The molecule has 1 aromatic heterocycles. The summed E-state index contributed by atoms with van der Waals surface area (Å²) in [5.74, 6) is 0.691. The third-order valence-corrected chi connectivity index (χ3v) is 3.73. The molecule has 0 spiro atoms. The summed E-state index contributed by atoms with van der Waals surface area (Å²) in [5, 5.41) is 6.02. The Labute approximate surface area is 185 Å². The van der Waals surface area contributed by atoms with Gasteiger partial charge in [0.1, 0.15) is 17.3 Å². The Hall–Kier alpha value is -1.98. The second-order valence-electron chi connectivity index (χ2n) is 7.01. The van der Waals surface area contributed by atoms with Gasteiger partial charge in [-0.05, 0) is 19.1 Å². The van der Waals surface area contributed by atoms with E-state index in [1.807, 2.05) is 27.7 Å². The highest BCUT2D eigenvalue weighted by molar-refractivity contribution is 14.0. The number of nitrogens with zero attached hydrogens (tertiary/aromatic N) is 2. The van der Waals surface area contributed by atoms with Crippen LogP contribution in [0.25, 0.3) is 0 Å². The average Bonchev–Trinajstić information content (AvgIpc) is 3.08. The third-order valence-electron chi connectivity index (χ3n) is 3.73. The molecule has 162 valence electrons. The zero-order valence-electron chi connectivity index (χ0n) is 16.8. The van der Waals surface area contributed by atoms with Crippen LogP contribution in [-0.2, 0) is 18.5 Å². The monoisotopic (exact) mass is 526 g/mol. The number of hydrogen-bond donors (Lipinski definition) is 2. The summed E-state index contributed by atoms with van der Waals surface area (Å²) < 4.78 is 49.2. The minimum absolute atomic E-state index is 0. The lowest BCUT2D eigenvalue weighted by molar-refractivity contribution is -0.0506. The SMILES string of the molecule is CCNC(=NCc1c(F)cccc1OC(F)F)NCc1ncc(C(C)(C)C)o1.I. The predicted octanol–water partition coefficient (Wildman–Crippen LogP) is 4.59. The van der Waals surface area contributed by atoms with E-state index in [9.17, 15) is 13.2 Å². The van der Waals surface area contributed by atoms with E-state index >= 15 is 0 Å². The molecule has 0 unspecified atom stereocenters. The molecule has 0 atom stereocenters. The first-order valence-electron chi connectivity index (χ1n) is 8.90. The summed E-state index contributed by atoms with van der Waals surface area (Å²) in [6.07, 6.45) is 1.67. The second kappa shape index (κ2) is 11.3. The molecule has 0 saturated carbocycles. The minimum Gasteiger partial charge on any atom is -0.443 e. The number of alkyl halides is 2. The van der Waals surface area contributed by atoms with Crippen LogP contribution in [0.3, 0.4) is 0 Å². The van der Waals surface area contributed by atoms with E-state index in [2.05, 4.69) is 25.3 Å². The molecule has 1 heterocycles. The topological polar surface area (TPSA) is 71.7 Å². The van der Waals surface area contributed by atoms with E-state index in [0.717, 1.165) is 5.76 Å². The van der Waals surface area contributed by atoms with Gasteiger partial charge in [-0.3, -0.25) is 0 Å². The second-order valence-corrected chi connectivity index (χ2v) is 7.01. The van der Waals surface area contributed by atoms with Gasteiger partial charge in [0.25, 0.3) is 0 Å². The Bertz CT molecular complexity index is 807. The number of guanidine groups is 1. The fourth-order valence-electron chi connectivity index (χ4n) is 2.30. The van der Waals surface area contributed by atoms with E-state index in [0.29, 0.717) is 18.4 Å². The molecule has 1 aromatic carbocycles. The smallest absolute Gasteiger partial charge is 0.387 e. The summed E-state index contributed by atoms with van der Waals surface area (Å²) in [5.41, 5.74) is -0.207. The largest absolute Gasteiger partial charge is 0.443 e. The Kier molecular flexibility index (Phi) is 9.74. The summed E-state index contributed by atoms with van der Waals surface area (Å²) in [6.45, 7) is 5.52. The van der Waals surface area contributed by atoms with Crippen molar-refractivity contribution in [2.45, 2.75) is 52.8 Å². The van der Waals surface area contributed by atoms with Gasteiger partial charge in [0.2, 0.25) is 5.89 Å². The molecule has 0 aliphatic rings. The van der Waals surface area contributed by atoms with Crippen LogP contribution in [0.15, 0.2) is 33.8 Å². The molecule has 10 heteroatoms. The van der Waals surface area contributed by atoms with Crippen LogP contribution < -0.4 is 15.4 Å². The molecular weight excluding hydrogens is 500 g/mol. The van der Waals surface area contributed by atoms with E-state index in [4.69, 9.17) is 4.42 Å². The number of halogens is 4. The molecule has 0 aliphatic heterocycles. The Morgan fingerprint density at radius 1 is 1.28 bits per heavy atom. The van der Waals surface area contributed by atoms with Crippen LogP contribution in [0.2, 0.25) is 0 Å². The van der Waals surface area contributed by atoms with Crippen molar-refractivity contribution in [3.63, 3.8) is 0 Å². The molecule has 2 N–H and O–H groups in total. The normalized spacial score (nSPS) is 11.9. The van der Waals surface area contributed by atoms with E-state index in [1.165, 1.54) is 18.2 Å². The zero-order valence-corrected chi connectivity index (χ0v) is 19.1. The molecule has 0 radical (unpaired) electrons. The van der Waals surface area contributed by atoms with Gasteiger partial charge < -0.3 is 19.8 Å². The highest BCUT2D eigenvalue weighted by Crippen LogP contribution is 2.24. The van der Waals surface area contributed by atoms with E-state index in [-0.39, 0.29) is 53.8 Å². The minimum atomic E-state index is -3.04.